The quantitative estimate of drug-likeness (QED) is 0.0635. The Morgan fingerprint density at radius 2 is 0.774 bits per heavy atom. The molecule has 0 amide bonds. The Hall–Kier alpha value is -10.5. The first-order chi connectivity index (χ1) is 48.6. The van der Waals surface area contributed by atoms with Gasteiger partial charge < -0.3 is 28.4 Å². The predicted octanol–water partition coefficient (Wildman–Crippen LogP) is 18.4. The number of alkyl halides is 24. The van der Waals surface area contributed by atoms with Crippen LogP contribution in [0.1, 0.15) is 88.1 Å². The molecule has 6 aromatic carbocycles. The van der Waals surface area contributed by atoms with Gasteiger partial charge in [0.1, 0.15) is 61.5 Å². The summed E-state index contributed by atoms with van der Waals surface area (Å²) in [5.74, 6) is -48.7. The number of ether oxygens (including phenoxy) is 6. The lowest BCUT2D eigenvalue weighted by Gasteiger charge is -2.40. The maximum Gasteiger partial charge on any atom is 0.470 e. The predicted molar refractivity (Wildman–Crippen MR) is 325 cm³/mol. The van der Waals surface area contributed by atoms with E-state index < -0.39 is 250 Å². The van der Waals surface area contributed by atoms with Gasteiger partial charge in [-0.2, -0.15) is 120 Å². The van der Waals surface area contributed by atoms with Crippen molar-refractivity contribution in [3.8, 4) is 40.6 Å². The van der Waals surface area contributed by atoms with Crippen LogP contribution in [0.5, 0.6) is 34.5 Å². The Morgan fingerprint density at radius 3 is 1.14 bits per heavy atom. The van der Waals surface area contributed by atoms with Crippen LogP contribution >= 0.6 is 11.3 Å². The molecule has 15 nitrogen and oxygen atoms in total. The number of hydrogen-bond donors (Lipinski definition) is 0. The van der Waals surface area contributed by atoms with Gasteiger partial charge in [-0.1, -0.05) is 92.8 Å². The molecule has 0 radical (unpaired) electrons. The minimum absolute atomic E-state index is 0.0280. The van der Waals surface area contributed by atoms with Crippen molar-refractivity contribution >= 4 is 106 Å². The second kappa shape index (κ2) is 21.2. The van der Waals surface area contributed by atoms with E-state index in [-0.39, 0.29) is 32.1 Å². The average molecular weight is 1540 g/mol. The fraction of sp³-hybridized carbons (Fsp3) is 0.318. The summed E-state index contributed by atoms with van der Waals surface area (Å²) in [7, 11) is 0. The Balaban J connectivity index is 1.30. The molecule has 554 valence electrons. The van der Waals surface area contributed by atoms with Crippen molar-refractivity contribution in [3.63, 3.8) is 0 Å². The van der Waals surface area contributed by atoms with E-state index in [0.29, 0.717) is 36.5 Å². The van der Waals surface area contributed by atoms with Crippen molar-refractivity contribution in [2.24, 2.45) is 20.0 Å². The number of halogens is 24. The number of thiophene rings is 1. The first-order valence-corrected chi connectivity index (χ1v) is 31.2. The van der Waals surface area contributed by atoms with Crippen LogP contribution in [0.3, 0.4) is 0 Å². The monoisotopic (exact) mass is 1540 g/mol. The van der Waals surface area contributed by atoms with Gasteiger partial charge in [-0.3, -0.25) is 0 Å². The lowest BCUT2D eigenvalue weighted by molar-refractivity contribution is -0.790. The van der Waals surface area contributed by atoms with Gasteiger partial charge in [0.2, 0.25) is 34.3 Å². The smallest absolute Gasteiger partial charge is 0.457 e. The summed E-state index contributed by atoms with van der Waals surface area (Å²) < 4.78 is 417. The molecule has 9 aromatic rings. The minimum atomic E-state index is -7.33. The van der Waals surface area contributed by atoms with E-state index in [9.17, 15) is 5.26 Å². The molecule has 6 aliphatic heterocycles. The summed E-state index contributed by atoms with van der Waals surface area (Å²) in [6, 6.07) is 12.3. The highest BCUT2D eigenvalue weighted by atomic mass is 32.1. The highest BCUT2D eigenvalue weighted by molar-refractivity contribution is 7.21. The molecule has 6 aliphatic rings. The van der Waals surface area contributed by atoms with E-state index in [4.69, 9.17) is 33.7 Å². The van der Waals surface area contributed by atoms with Gasteiger partial charge in [0, 0.05) is 91.2 Å². The maximum absolute atomic E-state index is 17.1. The molecule has 0 fully saturated rings. The zero-order valence-electron chi connectivity index (χ0n) is 54.0. The van der Waals surface area contributed by atoms with Crippen molar-refractivity contribution in [2.45, 2.75) is 133 Å². The Labute approximate surface area is 577 Å². The molecular weight excluding hydrogens is 1500 g/mol. The molecule has 1 spiro atoms. The van der Waals surface area contributed by atoms with E-state index in [2.05, 4.69) is 14.7 Å². The molecule has 0 N–H and O–H groups in total. The second-order valence-corrected chi connectivity index (χ2v) is 27.0. The molecule has 3 aromatic heterocycles. The van der Waals surface area contributed by atoms with Crippen LogP contribution in [0.15, 0.2) is 98.3 Å². The van der Waals surface area contributed by atoms with Crippen molar-refractivity contribution in [2.75, 3.05) is 0 Å². The molecule has 0 aliphatic carbocycles. The van der Waals surface area contributed by atoms with Crippen LogP contribution in [-0.2, 0) is 12.1 Å². The number of aliphatic imine (C=N–C) groups is 2. The van der Waals surface area contributed by atoms with E-state index in [1.807, 2.05) is 0 Å². The molecule has 106 heavy (non-hydrogen) atoms. The van der Waals surface area contributed by atoms with Gasteiger partial charge in [-0.05, 0) is 13.0 Å². The number of benzene rings is 6. The highest BCUT2D eigenvalue weighted by Gasteiger charge is 2.78. The minimum Gasteiger partial charge on any atom is -0.457 e. The van der Waals surface area contributed by atoms with Gasteiger partial charge in [-0.25, -0.2) is 0 Å². The average Bonchev–Trinajstić information content (AvgIpc) is 1.45. The summed E-state index contributed by atoms with van der Waals surface area (Å²) in [6.07, 6.45) is -38.5. The van der Waals surface area contributed by atoms with Crippen molar-refractivity contribution in [1.29, 1.82) is 5.26 Å². The molecule has 0 saturated heterocycles. The molecule has 15 rings (SSSR count). The number of amidine groups is 4. The van der Waals surface area contributed by atoms with Gasteiger partial charge in [-0.15, -0.1) is 20.5 Å². The zero-order chi connectivity index (χ0) is 77.4. The summed E-state index contributed by atoms with van der Waals surface area (Å²) in [5, 5.41) is 1.02. The third kappa shape index (κ3) is 9.55. The number of rotatable bonds is 13. The number of hydrogen-bond acceptors (Lipinski definition) is 12. The SMILES string of the molecule is C/C(C#N)=C/c1sc2c3n4c(c2c1C(F)(F)F)N=C1c2c(c(OC(C)(F)C(F)(F)F)c5ccccc5c2OC(F)(C(F)(F)F)C(F)(F)F)C2=[N+]1C41n4c(c5c(OC(C)(C)F)c6ccccc6c(OC(C)(F)C(F)(F)F)c5c4=N2)=NC2=[N+]1C(=N3)c1c2c(OC(C)(C)F)c2ccccc2c1OC(C)(F)C(F)(F)F. The van der Waals surface area contributed by atoms with E-state index >= 15 is 105 Å². The number of nitriles is 1. The maximum atomic E-state index is 17.1. The Morgan fingerprint density at radius 1 is 0.434 bits per heavy atom. The van der Waals surface area contributed by atoms with Gasteiger partial charge in [0.25, 0.3) is 23.3 Å². The lowest BCUT2D eigenvalue weighted by Crippen LogP contribution is -2.71. The molecule has 9 heterocycles. The van der Waals surface area contributed by atoms with Crippen LogP contribution in [-0.4, -0.2) is 108 Å². The largest absolute Gasteiger partial charge is 0.470 e. The molecule has 4 unspecified atom stereocenters. The molecule has 0 saturated carbocycles. The van der Waals surface area contributed by atoms with Crippen molar-refractivity contribution in [3.05, 3.63) is 122 Å². The Bertz CT molecular complexity index is 5870. The zero-order valence-corrected chi connectivity index (χ0v) is 54.8. The third-order valence-electron chi connectivity index (χ3n) is 17.7. The van der Waals surface area contributed by atoms with Crippen LogP contribution in [0.25, 0.3) is 59.3 Å². The summed E-state index contributed by atoms with van der Waals surface area (Å²) >= 11 is 0.0280. The summed E-state index contributed by atoms with van der Waals surface area (Å²) in [4.78, 5) is 17.7. The van der Waals surface area contributed by atoms with Crippen molar-refractivity contribution < 1.29 is 143 Å². The number of aromatic nitrogens is 2. The fourth-order valence-corrected chi connectivity index (χ4v) is 14.7. The molecule has 0 bridgehead atoms. The van der Waals surface area contributed by atoms with Gasteiger partial charge in [0.05, 0.1) is 27.8 Å². The molecular formula is C66H37F24N9O6S+2. The topological polar surface area (TPSA) is 144 Å². The number of allylic oxidation sites excluding steroid dienone is 1. The second-order valence-electron chi connectivity index (χ2n) is 26.0. The summed E-state index contributed by atoms with van der Waals surface area (Å²) in [6.45, 7) is 3.17. The number of nitrogens with zero attached hydrogens (tertiary/aromatic N) is 9. The van der Waals surface area contributed by atoms with E-state index in [0.717, 1.165) is 95.3 Å². The molecule has 4 atom stereocenters. The van der Waals surface area contributed by atoms with Crippen LogP contribution < -0.4 is 39.4 Å². The Kier molecular flexibility index (Phi) is 14.2. The fourth-order valence-electron chi connectivity index (χ4n) is 13.4. The van der Waals surface area contributed by atoms with E-state index in [1.165, 1.54) is 0 Å². The number of fused-ring (bicyclic) bond motifs is 15. The van der Waals surface area contributed by atoms with Crippen LogP contribution in [0.2, 0.25) is 0 Å². The first-order valence-electron chi connectivity index (χ1n) is 30.4. The summed E-state index contributed by atoms with van der Waals surface area (Å²) in [5.41, 5.74) is -10.5. The van der Waals surface area contributed by atoms with Gasteiger partial charge >= 0.3 is 66.4 Å². The van der Waals surface area contributed by atoms with E-state index in [1.54, 1.807) is 6.07 Å². The first kappa shape index (κ1) is 71.1. The highest BCUT2D eigenvalue weighted by Crippen LogP contribution is 2.63. The third-order valence-corrected chi connectivity index (χ3v) is 18.8. The lowest BCUT2D eigenvalue weighted by atomic mass is 9.97. The van der Waals surface area contributed by atoms with Crippen LogP contribution in [0, 0.1) is 11.3 Å². The molecule has 40 heteroatoms. The normalized spacial score (nSPS) is 18.9. The van der Waals surface area contributed by atoms with Crippen LogP contribution in [0.4, 0.5) is 117 Å². The van der Waals surface area contributed by atoms with Crippen molar-refractivity contribution in [1.82, 2.24) is 9.13 Å². The standard InChI is InChI=1S/C66H37F24N9O6S/c1-23(22-91)21-30-38(59(72,73)74)37-45(106-30)53-95-51-34-32(40(101-55(4,5)68)25-16-10-12-18-27(25)42(34)103-57(7,70)62(79,80)81)47-92-46-31-33(41(102-56(6,69)61(76,77)78)26-17-11-9-15-24(26)39(31)100-54(2,3)67)48-93-49-35-36(50-94-52(37)99(53)66(96(46)48,97(49)50)98(47)51)44(105-60(75,64(85,86)87)65(88,89)90)29-20-14-13-19-28(29)43(35)104-58(8,71)63(82,83)84/h9-21H,1-8H3/q+2/b23-21-. The van der Waals surface area contributed by atoms with Gasteiger partial charge in [0.15, 0.2) is 0 Å².